The molecule has 0 saturated heterocycles. The van der Waals surface area contributed by atoms with E-state index in [0.29, 0.717) is 17.6 Å². The maximum atomic E-state index is 11.9. The van der Waals surface area contributed by atoms with Crippen LogP contribution in [0, 0.1) is 0 Å². The van der Waals surface area contributed by atoms with E-state index in [1.54, 1.807) is 13.2 Å². The summed E-state index contributed by atoms with van der Waals surface area (Å²) < 4.78 is 5.47. The van der Waals surface area contributed by atoms with Crippen LogP contribution in [-0.4, -0.2) is 43.6 Å². The number of rotatable bonds is 7. The maximum absolute atomic E-state index is 11.9. The lowest BCUT2D eigenvalue weighted by atomic mass is 10.2. The second kappa shape index (κ2) is 8.49. The Bertz CT molecular complexity index is 482. The highest BCUT2D eigenvalue weighted by Gasteiger charge is 2.11. The highest BCUT2D eigenvalue weighted by Crippen LogP contribution is 2.15. The topological polar surface area (TPSA) is 106 Å². The summed E-state index contributed by atoms with van der Waals surface area (Å²) in [5.74, 6) is -0.362. The van der Waals surface area contributed by atoms with Crippen molar-refractivity contribution in [1.29, 1.82) is 0 Å². The maximum Gasteiger partial charge on any atom is 0.255 e. The third kappa shape index (κ3) is 5.54. The van der Waals surface area contributed by atoms with Crippen LogP contribution >= 0.6 is 15.9 Å². The molecule has 4 N–H and O–H groups in total. The SMILES string of the molecule is COCCNC(=O)CCNC(=O)c1cc(Br)cnc1N. The standard InChI is InChI=1S/C12H17BrN4O3/c1-20-5-4-15-10(18)2-3-16-12(19)9-6-8(13)7-17-11(9)14/h6-7H,2-5H2,1H3,(H2,14,17)(H,15,18)(H,16,19). The van der Waals surface area contributed by atoms with E-state index in [1.807, 2.05) is 0 Å². The van der Waals surface area contributed by atoms with Crippen molar-refractivity contribution in [2.24, 2.45) is 0 Å². The average Bonchev–Trinajstić information content (AvgIpc) is 2.41. The van der Waals surface area contributed by atoms with E-state index in [1.165, 1.54) is 6.20 Å². The number of aromatic nitrogens is 1. The van der Waals surface area contributed by atoms with Crippen LogP contribution in [0.4, 0.5) is 5.82 Å². The first-order valence-corrected chi connectivity index (χ1v) is 6.78. The van der Waals surface area contributed by atoms with Gasteiger partial charge >= 0.3 is 0 Å². The largest absolute Gasteiger partial charge is 0.383 e. The third-order valence-electron chi connectivity index (χ3n) is 2.40. The number of nitrogen functional groups attached to an aromatic ring is 1. The van der Waals surface area contributed by atoms with E-state index >= 15 is 0 Å². The first-order valence-electron chi connectivity index (χ1n) is 5.99. The number of anilines is 1. The van der Waals surface area contributed by atoms with Gasteiger partial charge in [0.15, 0.2) is 0 Å². The first kappa shape index (κ1) is 16.4. The van der Waals surface area contributed by atoms with Gasteiger partial charge in [0, 0.05) is 37.3 Å². The van der Waals surface area contributed by atoms with Gasteiger partial charge in [-0.2, -0.15) is 0 Å². The van der Waals surface area contributed by atoms with Gasteiger partial charge in [-0.3, -0.25) is 9.59 Å². The normalized spacial score (nSPS) is 10.1. The van der Waals surface area contributed by atoms with Crippen LogP contribution in [-0.2, 0) is 9.53 Å². The molecule has 0 fully saturated rings. The lowest BCUT2D eigenvalue weighted by Crippen LogP contribution is -2.32. The summed E-state index contributed by atoms with van der Waals surface area (Å²) in [5.41, 5.74) is 5.89. The molecule has 20 heavy (non-hydrogen) atoms. The zero-order valence-corrected chi connectivity index (χ0v) is 12.7. The predicted molar refractivity (Wildman–Crippen MR) is 78.2 cm³/mol. The van der Waals surface area contributed by atoms with Gasteiger partial charge in [-0.25, -0.2) is 4.98 Å². The molecule has 0 atom stereocenters. The number of pyridine rings is 1. The Kier molecular flexibility index (Phi) is 6.96. The van der Waals surface area contributed by atoms with Crippen LogP contribution in [0.3, 0.4) is 0 Å². The molecule has 0 aliphatic rings. The minimum atomic E-state index is -0.360. The molecule has 1 aromatic rings. The van der Waals surface area contributed by atoms with Crippen molar-refractivity contribution in [3.05, 3.63) is 22.3 Å². The van der Waals surface area contributed by atoms with Crippen LogP contribution in [0.15, 0.2) is 16.7 Å². The van der Waals surface area contributed by atoms with E-state index in [9.17, 15) is 9.59 Å². The number of hydrogen-bond acceptors (Lipinski definition) is 5. The Morgan fingerprint density at radius 1 is 1.40 bits per heavy atom. The molecule has 7 nitrogen and oxygen atoms in total. The number of nitrogens with one attached hydrogen (secondary N) is 2. The summed E-state index contributed by atoms with van der Waals surface area (Å²) in [6, 6.07) is 1.58. The molecule has 1 rings (SSSR count). The summed E-state index contributed by atoms with van der Waals surface area (Å²) in [6.45, 7) is 1.13. The van der Waals surface area contributed by atoms with E-state index < -0.39 is 0 Å². The molecule has 0 aliphatic carbocycles. The Morgan fingerprint density at radius 2 is 2.15 bits per heavy atom. The molecule has 8 heteroatoms. The van der Waals surface area contributed by atoms with E-state index in [2.05, 4.69) is 31.5 Å². The lowest BCUT2D eigenvalue weighted by molar-refractivity contribution is -0.121. The van der Waals surface area contributed by atoms with Crippen LogP contribution in [0.2, 0.25) is 0 Å². The molecule has 0 bridgehead atoms. The Balaban J connectivity index is 2.36. The smallest absolute Gasteiger partial charge is 0.255 e. The van der Waals surface area contributed by atoms with Crippen molar-refractivity contribution in [2.75, 3.05) is 32.5 Å². The van der Waals surface area contributed by atoms with Gasteiger partial charge in [0.25, 0.3) is 5.91 Å². The molecular formula is C12H17BrN4O3. The van der Waals surface area contributed by atoms with Gasteiger partial charge in [-0.05, 0) is 22.0 Å². The molecule has 0 aliphatic heterocycles. The molecule has 2 amide bonds. The minimum Gasteiger partial charge on any atom is -0.383 e. The van der Waals surface area contributed by atoms with Gasteiger partial charge in [0.2, 0.25) is 5.91 Å². The number of carbonyl (C=O) groups is 2. The molecule has 0 unspecified atom stereocenters. The number of nitrogens with zero attached hydrogens (tertiary/aromatic N) is 1. The highest BCUT2D eigenvalue weighted by atomic mass is 79.9. The number of ether oxygens (including phenoxy) is 1. The zero-order chi connectivity index (χ0) is 15.0. The number of amides is 2. The molecule has 0 saturated carbocycles. The fraction of sp³-hybridized carbons (Fsp3) is 0.417. The Hall–Kier alpha value is -1.67. The fourth-order valence-electron chi connectivity index (χ4n) is 1.40. The van der Waals surface area contributed by atoms with Crippen LogP contribution in [0.1, 0.15) is 16.8 Å². The predicted octanol–water partition coefficient (Wildman–Crippen LogP) is 0.309. The Labute approximate surface area is 125 Å². The van der Waals surface area contributed by atoms with Crippen molar-refractivity contribution >= 4 is 33.6 Å². The van der Waals surface area contributed by atoms with Crippen molar-refractivity contribution in [3.63, 3.8) is 0 Å². The molecule has 0 aromatic carbocycles. The van der Waals surface area contributed by atoms with Gasteiger partial charge in [-0.1, -0.05) is 0 Å². The quantitative estimate of drug-likeness (QED) is 0.617. The van der Waals surface area contributed by atoms with Crippen molar-refractivity contribution in [3.8, 4) is 0 Å². The minimum absolute atomic E-state index is 0.148. The monoisotopic (exact) mass is 344 g/mol. The highest BCUT2D eigenvalue weighted by molar-refractivity contribution is 9.10. The fourth-order valence-corrected chi connectivity index (χ4v) is 1.73. The number of nitrogens with two attached hydrogens (primary N) is 1. The van der Waals surface area contributed by atoms with Crippen molar-refractivity contribution in [1.82, 2.24) is 15.6 Å². The zero-order valence-electron chi connectivity index (χ0n) is 11.1. The molecule has 1 aromatic heterocycles. The molecule has 1 heterocycles. The van der Waals surface area contributed by atoms with Crippen LogP contribution in [0.25, 0.3) is 0 Å². The molecule has 110 valence electrons. The van der Waals surface area contributed by atoms with E-state index in [0.717, 1.165) is 0 Å². The van der Waals surface area contributed by atoms with E-state index in [4.69, 9.17) is 10.5 Å². The number of hydrogen-bond donors (Lipinski definition) is 3. The summed E-state index contributed by atoms with van der Waals surface area (Å²) in [4.78, 5) is 27.1. The van der Waals surface area contributed by atoms with E-state index in [-0.39, 0.29) is 36.2 Å². The number of carbonyl (C=O) groups excluding carboxylic acids is 2. The molecule has 0 radical (unpaired) electrons. The third-order valence-corrected chi connectivity index (χ3v) is 2.83. The first-order chi connectivity index (χ1) is 9.54. The van der Waals surface area contributed by atoms with Gasteiger partial charge in [-0.15, -0.1) is 0 Å². The summed E-state index contributed by atoms with van der Waals surface area (Å²) in [7, 11) is 1.56. The molecule has 0 spiro atoms. The second-order valence-electron chi connectivity index (χ2n) is 3.93. The number of halogens is 1. The average molecular weight is 345 g/mol. The van der Waals surface area contributed by atoms with Gasteiger partial charge in [0.1, 0.15) is 5.82 Å². The second-order valence-corrected chi connectivity index (χ2v) is 4.85. The summed E-state index contributed by atoms with van der Waals surface area (Å²) >= 11 is 3.22. The van der Waals surface area contributed by atoms with Gasteiger partial charge < -0.3 is 21.1 Å². The van der Waals surface area contributed by atoms with Crippen molar-refractivity contribution in [2.45, 2.75) is 6.42 Å². The van der Waals surface area contributed by atoms with Gasteiger partial charge in [0.05, 0.1) is 12.2 Å². The molecular weight excluding hydrogens is 328 g/mol. The van der Waals surface area contributed by atoms with Crippen LogP contribution < -0.4 is 16.4 Å². The summed E-state index contributed by atoms with van der Waals surface area (Å²) in [5, 5.41) is 5.27. The Morgan fingerprint density at radius 3 is 2.85 bits per heavy atom. The van der Waals surface area contributed by atoms with Crippen molar-refractivity contribution < 1.29 is 14.3 Å². The summed E-state index contributed by atoms with van der Waals surface area (Å²) in [6.07, 6.45) is 1.70. The van der Waals surface area contributed by atoms with Crippen LogP contribution in [0.5, 0.6) is 0 Å². The number of methoxy groups -OCH3 is 1. The lowest BCUT2D eigenvalue weighted by Gasteiger charge is -2.08.